The average Bonchev–Trinajstić information content (AvgIpc) is 2.40. The highest BCUT2D eigenvalue weighted by atomic mass is 32.2. The van der Waals surface area contributed by atoms with E-state index in [2.05, 4.69) is 0 Å². The Kier molecular flexibility index (Phi) is 8.41. The molecule has 0 atom stereocenters. The number of hydrogen-bond acceptors (Lipinski definition) is 6. The van der Waals surface area contributed by atoms with Crippen molar-refractivity contribution in [3.63, 3.8) is 0 Å². The molecule has 0 aliphatic carbocycles. The Labute approximate surface area is 149 Å². The summed E-state index contributed by atoms with van der Waals surface area (Å²) in [5, 5.41) is 0. The summed E-state index contributed by atoms with van der Waals surface area (Å²) in [6.45, 7) is 5.32. The number of carbonyl (C=O) groups excluding carboxylic acids is 2. The van der Waals surface area contributed by atoms with E-state index in [1.54, 1.807) is 0 Å². The summed E-state index contributed by atoms with van der Waals surface area (Å²) in [7, 11) is -8.48. The van der Waals surface area contributed by atoms with Crippen LogP contribution in [0.5, 0.6) is 0 Å². The number of carbonyl (C=O) groups is 2. The van der Waals surface area contributed by atoms with Crippen LogP contribution in [0.4, 0.5) is 0 Å². The maximum Gasteiger partial charge on any atom is 0.270 e. The molecule has 0 heterocycles. The molecule has 2 N–H and O–H groups in total. The van der Waals surface area contributed by atoms with E-state index in [1.165, 1.54) is 27.7 Å². The van der Waals surface area contributed by atoms with Gasteiger partial charge in [0.2, 0.25) is 0 Å². The molecule has 0 spiro atoms. The van der Waals surface area contributed by atoms with Gasteiger partial charge in [0.15, 0.2) is 0 Å². The van der Waals surface area contributed by atoms with E-state index < -0.39 is 29.7 Å². The molecule has 0 rings (SSSR count). The second kappa shape index (κ2) is 8.70. The number of ketones is 2. The minimum Gasteiger partial charge on any atom is -0.300 e. The van der Waals surface area contributed by atoms with Gasteiger partial charge in [-0.15, -0.1) is 0 Å². The van der Waals surface area contributed by atoms with Crippen molar-refractivity contribution >= 4 is 31.8 Å². The zero-order valence-electron chi connectivity index (χ0n) is 15.1. The lowest BCUT2D eigenvalue weighted by atomic mass is 9.99. The highest BCUT2D eigenvalue weighted by molar-refractivity contribution is 7.87. The Balaban J connectivity index is 4.20. The molecule has 8 nitrogen and oxygen atoms in total. The Morgan fingerprint density at radius 1 is 0.680 bits per heavy atom. The first kappa shape index (κ1) is 24.2. The molecule has 25 heavy (non-hydrogen) atoms. The van der Waals surface area contributed by atoms with E-state index in [0.717, 1.165) is 0 Å². The van der Waals surface area contributed by atoms with Crippen molar-refractivity contribution in [1.29, 1.82) is 0 Å². The fourth-order valence-electron chi connectivity index (χ4n) is 1.87. The molecule has 0 saturated carbocycles. The van der Waals surface area contributed by atoms with Gasteiger partial charge in [-0.2, -0.15) is 16.8 Å². The lowest BCUT2D eigenvalue weighted by Gasteiger charge is -2.20. The zero-order valence-corrected chi connectivity index (χ0v) is 16.7. The molecule has 0 aliphatic rings. The molecule has 0 amide bonds. The van der Waals surface area contributed by atoms with E-state index in [1.807, 2.05) is 0 Å². The van der Waals surface area contributed by atoms with E-state index in [4.69, 9.17) is 9.11 Å². The largest absolute Gasteiger partial charge is 0.300 e. The van der Waals surface area contributed by atoms with Crippen LogP contribution in [-0.2, 0) is 29.8 Å². The first-order valence-corrected chi connectivity index (χ1v) is 10.8. The second-order valence-electron chi connectivity index (χ2n) is 7.40. The Bertz CT molecular complexity index is 627. The Hall–Kier alpha value is -0.840. The van der Waals surface area contributed by atoms with Crippen LogP contribution in [0.2, 0.25) is 0 Å². The van der Waals surface area contributed by atoms with Crippen LogP contribution in [-0.4, -0.2) is 47.0 Å². The third-order valence-corrected chi connectivity index (χ3v) is 7.52. The van der Waals surface area contributed by atoms with Crippen LogP contribution in [0.1, 0.15) is 72.6 Å². The maximum atomic E-state index is 11.7. The van der Waals surface area contributed by atoms with Crippen molar-refractivity contribution in [3.8, 4) is 0 Å². The molecular weight excluding hydrogens is 372 g/mol. The van der Waals surface area contributed by atoms with Gasteiger partial charge in [0.1, 0.15) is 11.6 Å². The van der Waals surface area contributed by atoms with Crippen molar-refractivity contribution in [2.24, 2.45) is 0 Å². The predicted octanol–water partition coefficient (Wildman–Crippen LogP) is 2.19. The van der Waals surface area contributed by atoms with E-state index in [-0.39, 0.29) is 56.5 Å². The summed E-state index contributed by atoms with van der Waals surface area (Å²) in [5.74, 6) is -0.411. The average molecular weight is 401 g/mol. The smallest absolute Gasteiger partial charge is 0.270 e. The molecule has 0 fully saturated rings. The summed E-state index contributed by atoms with van der Waals surface area (Å²) in [5.41, 5.74) is 0. The van der Waals surface area contributed by atoms with Gasteiger partial charge in [-0.3, -0.25) is 18.7 Å². The lowest BCUT2D eigenvalue weighted by Crippen LogP contribution is -2.32. The summed E-state index contributed by atoms with van der Waals surface area (Å²) in [6, 6.07) is 0. The molecule has 0 aromatic carbocycles. The van der Waals surface area contributed by atoms with Gasteiger partial charge in [-0.1, -0.05) is 0 Å². The van der Waals surface area contributed by atoms with Crippen LogP contribution in [0.3, 0.4) is 0 Å². The molecule has 0 unspecified atom stereocenters. The minimum atomic E-state index is -4.24. The normalized spacial score (nSPS) is 13.7. The quantitative estimate of drug-likeness (QED) is 0.474. The van der Waals surface area contributed by atoms with Crippen LogP contribution < -0.4 is 0 Å². The summed E-state index contributed by atoms with van der Waals surface area (Å²) in [6.07, 6.45) is 0.441. The molecule has 0 aromatic rings. The molecule has 10 heteroatoms. The SMILES string of the molecule is CC(C)(CCC(=O)CCCC(=O)CCC(C)(C)S(=O)(=O)O)S(=O)(=O)O. The topological polar surface area (TPSA) is 143 Å². The predicted molar refractivity (Wildman–Crippen MR) is 93.6 cm³/mol. The molecule has 0 bridgehead atoms. The fourth-order valence-corrected chi connectivity index (χ4v) is 2.59. The van der Waals surface area contributed by atoms with E-state index in [0.29, 0.717) is 0 Å². The number of rotatable bonds is 12. The molecule has 0 aromatic heterocycles. The standard InChI is InChI=1S/C15H28O8S2/c1-14(2,24(18,19)20)10-8-12(16)6-5-7-13(17)9-11-15(3,4)25(21,22)23/h5-11H2,1-4H3,(H,18,19,20)(H,21,22,23). The monoisotopic (exact) mass is 400 g/mol. The molecule has 0 saturated heterocycles. The maximum absolute atomic E-state index is 11.7. The third-order valence-electron chi connectivity index (χ3n) is 4.32. The minimum absolute atomic E-state index is 0.0127. The van der Waals surface area contributed by atoms with Gasteiger partial charge < -0.3 is 0 Å². The van der Waals surface area contributed by atoms with Crippen LogP contribution in [0.25, 0.3) is 0 Å². The molecular formula is C15H28O8S2. The second-order valence-corrected chi connectivity index (χ2v) is 11.5. The molecule has 0 aliphatic heterocycles. The summed E-state index contributed by atoms with van der Waals surface area (Å²) >= 11 is 0. The van der Waals surface area contributed by atoms with Gasteiger partial charge in [-0.05, 0) is 47.0 Å². The van der Waals surface area contributed by atoms with Crippen molar-refractivity contribution in [2.45, 2.75) is 82.1 Å². The highest BCUT2D eigenvalue weighted by Gasteiger charge is 2.33. The van der Waals surface area contributed by atoms with Crippen molar-refractivity contribution < 1.29 is 35.5 Å². The number of hydrogen-bond donors (Lipinski definition) is 2. The van der Waals surface area contributed by atoms with Crippen molar-refractivity contribution in [3.05, 3.63) is 0 Å². The zero-order chi connectivity index (χ0) is 20.1. The summed E-state index contributed by atoms with van der Waals surface area (Å²) in [4.78, 5) is 23.5. The van der Waals surface area contributed by atoms with Crippen molar-refractivity contribution in [1.82, 2.24) is 0 Å². The Morgan fingerprint density at radius 2 is 0.960 bits per heavy atom. The fraction of sp³-hybridized carbons (Fsp3) is 0.867. The van der Waals surface area contributed by atoms with Gasteiger partial charge in [-0.25, -0.2) is 0 Å². The molecule has 0 radical (unpaired) electrons. The van der Waals surface area contributed by atoms with Crippen LogP contribution in [0.15, 0.2) is 0 Å². The van der Waals surface area contributed by atoms with Gasteiger partial charge >= 0.3 is 0 Å². The lowest BCUT2D eigenvalue weighted by molar-refractivity contribution is -0.120. The van der Waals surface area contributed by atoms with Gasteiger partial charge in [0, 0.05) is 25.7 Å². The van der Waals surface area contributed by atoms with Crippen LogP contribution >= 0.6 is 0 Å². The Morgan fingerprint density at radius 3 is 1.20 bits per heavy atom. The third kappa shape index (κ3) is 8.39. The van der Waals surface area contributed by atoms with Gasteiger partial charge in [0.05, 0.1) is 9.49 Å². The highest BCUT2D eigenvalue weighted by Crippen LogP contribution is 2.23. The molecule has 148 valence electrons. The van der Waals surface area contributed by atoms with E-state index in [9.17, 15) is 26.4 Å². The van der Waals surface area contributed by atoms with Gasteiger partial charge in [0.25, 0.3) is 20.2 Å². The number of Topliss-reactive ketones (excluding diaryl/α,β-unsaturated/α-hetero) is 2. The van der Waals surface area contributed by atoms with Crippen molar-refractivity contribution in [2.75, 3.05) is 0 Å². The first-order chi connectivity index (χ1) is 11.0. The van der Waals surface area contributed by atoms with E-state index >= 15 is 0 Å². The van der Waals surface area contributed by atoms with Crippen LogP contribution in [0, 0.1) is 0 Å². The first-order valence-electron chi connectivity index (χ1n) is 7.97. The summed E-state index contributed by atoms with van der Waals surface area (Å²) < 4.78 is 59.8.